The zero-order chi connectivity index (χ0) is 21.4. The third-order valence-corrected chi connectivity index (χ3v) is 5.19. The second-order valence-corrected chi connectivity index (χ2v) is 8.25. The number of hydrogen-bond acceptors (Lipinski definition) is 6. The number of anilines is 1. The first-order valence-corrected chi connectivity index (χ1v) is 10.5. The first kappa shape index (κ1) is 21.9. The Kier molecular flexibility index (Phi) is 7.33. The molecule has 0 saturated carbocycles. The van der Waals surface area contributed by atoms with Crippen molar-refractivity contribution in [2.45, 2.75) is 13.8 Å². The average molecular weight is 414 g/mol. The van der Waals surface area contributed by atoms with Crippen LogP contribution in [-0.2, 0) is 14.8 Å². The Morgan fingerprint density at radius 3 is 2.48 bits per heavy atom. The van der Waals surface area contributed by atoms with Crippen LogP contribution >= 0.6 is 0 Å². The summed E-state index contributed by atoms with van der Waals surface area (Å²) >= 11 is 0. The van der Waals surface area contributed by atoms with Gasteiger partial charge in [-0.3, -0.25) is 9.10 Å². The zero-order valence-corrected chi connectivity index (χ0v) is 17.2. The van der Waals surface area contributed by atoms with Gasteiger partial charge in [-0.15, -0.1) is 0 Å². The predicted octanol–water partition coefficient (Wildman–Crippen LogP) is 2.12. The minimum Gasteiger partial charge on any atom is -0.479 e. The quantitative estimate of drug-likeness (QED) is 0.525. The minimum atomic E-state index is -3.65. The smallest absolute Gasteiger partial charge is 0.260 e. The molecule has 9 heteroatoms. The highest BCUT2D eigenvalue weighted by Gasteiger charge is 2.21. The molecule has 2 aromatic carbocycles. The summed E-state index contributed by atoms with van der Waals surface area (Å²) in [5.41, 5.74) is 5.40. The molecule has 0 aliphatic rings. The van der Waals surface area contributed by atoms with Crippen molar-refractivity contribution in [3.63, 3.8) is 0 Å². The van der Waals surface area contributed by atoms with Crippen LogP contribution in [0.1, 0.15) is 16.7 Å². The summed E-state index contributed by atoms with van der Waals surface area (Å²) in [5.74, 6) is -0.0243. The fourth-order valence-electron chi connectivity index (χ4n) is 2.39. The fourth-order valence-corrected chi connectivity index (χ4v) is 3.24. The van der Waals surface area contributed by atoms with Crippen molar-refractivity contribution in [2.24, 2.45) is 5.10 Å². The number of hydrazone groups is 1. The number of sulfonamides is 1. The molecule has 0 radical (unpaired) electrons. The molecule has 0 aliphatic carbocycles. The van der Waals surface area contributed by atoms with Crippen molar-refractivity contribution < 1.29 is 17.9 Å². The lowest BCUT2D eigenvalue weighted by molar-refractivity contribution is -0.119. The lowest BCUT2D eigenvalue weighted by Gasteiger charge is -2.22. The highest BCUT2D eigenvalue weighted by Crippen LogP contribution is 2.21. The summed E-state index contributed by atoms with van der Waals surface area (Å²) in [6.45, 7) is 3.37. The molecule has 2 aromatic rings. The summed E-state index contributed by atoms with van der Waals surface area (Å²) in [6.07, 6.45) is 2.47. The monoisotopic (exact) mass is 414 g/mol. The van der Waals surface area contributed by atoms with E-state index in [0.717, 1.165) is 21.7 Å². The Morgan fingerprint density at radius 2 is 1.90 bits per heavy atom. The number of ether oxygens (including phenoxy) is 1. The molecule has 1 amide bonds. The van der Waals surface area contributed by atoms with Crippen molar-refractivity contribution in [2.75, 3.05) is 23.7 Å². The van der Waals surface area contributed by atoms with Crippen molar-refractivity contribution >= 4 is 27.8 Å². The van der Waals surface area contributed by atoms with Crippen molar-refractivity contribution in [1.82, 2.24) is 5.43 Å². The van der Waals surface area contributed by atoms with Crippen LogP contribution in [0.25, 0.3) is 0 Å². The molecule has 152 valence electrons. The van der Waals surface area contributed by atoms with Gasteiger partial charge in [0, 0.05) is 0 Å². The molecule has 0 fully saturated rings. The third kappa shape index (κ3) is 6.62. The van der Waals surface area contributed by atoms with Gasteiger partial charge < -0.3 is 4.74 Å². The van der Waals surface area contributed by atoms with Gasteiger partial charge >= 0.3 is 0 Å². The van der Waals surface area contributed by atoms with E-state index in [-0.39, 0.29) is 13.2 Å². The van der Waals surface area contributed by atoms with E-state index in [1.165, 1.54) is 6.21 Å². The molecule has 29 heavy (non-hydrogen) atoms. The standard InChI is InChI=1S/C20H22N4O4S/c1-15-4-7-18(12-16(15)2)24(29(3,26)27)14-20(25)23-22-13-17-5-8-19(9-6-17)28-11-10-21/h4-9,12-13H,11,14H2,1-3H3,(H,23,25)/b22-13-. The van der Waals surface area contributed by atoms with Crippen LogP contribution in [0.2, 0.25) is 0 Å². The normalized spacial score (nSPS) is 11.1. The van der Waals surface area contributed by atoms with Gasteiger partial charge in [-0.2, -0.15) is 10.4 Å². The van der Waals surface area contributed by atoms with E-state index >= 15 is 0 Å². The van der Waals surface area contributed by atoms with Crippen LogP contribution in [0, 0.1) is 25.2 Å². The minimum absolute atomic E-state index is 0.0408. The van der Waals surface area contributed by atoms with Gasteiger partial charge in [-0.25, -0.2) is 13.8 Å². The van der Waals surface area contributed by atoms with Crippen LogP contribution in [0.3, 0.4) is 0 Å². The van der Waals surface area contributed by atoms with Gasteiger partial charge in [0.25, 0.3) is 5.91 Å². The van der Waals surface area contributed by atoms with Gasteiger partial charge in [-0.1, -0.05) is 6.07 Å². The largest absolute Gasteiger partial charge is 0.479 e. The van der Waals surface area contributed by atoms with E-state index in [1.807, 2.05) is 26.0 Å². The molecule has 0 aliphatic heterocycles. The number of carbonyl (C=O) groups excluding carboxylic acids is 1. The SMILES string of the molecule is Cc1ccc(N(CC(=O)N/N=C\c2ccc(OCC#N)cc2)S(C)(=O)=O)cc1C. The van der Waals surface area contributed by atoms with Crippen LogP contribution in [0.4, 0.5) is 5.69 Å². The second-order valence-electron chi connectivity index (χ2n) is 6.35. The molecule has 0 unspecified atom stereocenters. The molecule has 0 bridgehead atoms. The van der Waals surface area contributed by atoms with E-state index in [2.05, 4.69) is 10.5 Å². The molecule has 1 N–H and O–H groups in total. The molecule has 0 spiro atoms. The van der Waals surface area contributed by atoms with E-state index in [1.54, 1.807) is 36.4 Å². The van der Waals surface area contributed by atoms with Crippen LogP contribution in [0.5, 0.6) is 5.75 Å². The highest BCUT2D eigenvalue weighted by molar-refractivity contribution is 7.92. The Morgan fingerprint density at radius 1 is 1.21 bits per heavy atom. The van der Waals surface area contributed by atoms with Crippen LogP contribution in [-0.4, -0.2) is 39.9 Å². The third-order valence-electron chi connectivity index (χ3n) is 4.05. The number of aryl methyl sites for hydroxylation is 2. The maximum atomic E-state index is 12.2. The predicted molar refractivity (Wildman–Crippen MR) is 111 cm³/mol. The number of rotatable bonds is 8. The average Bonchev–Trinajstić information content (AvgIpc) is 2.67. The summed E-state index contributed by atoms with van der Waals surface area (Å²) in [7, 11) is -3.65. The van der Waals surface area contributed by atoms with E-state index < -0.39 is 15.9 Å². The first-order valence-electron chi connectivity index (χ1n) is 8.67. The Hall–Kier alpha value is -3.38. The highest BCUT2D eigenvalue weighted by atomic mass is 32.2. The second kappa shape index (κ2) is 9.71. The number of carbonyl (C=O) groups is 1. The van der Waals surface area contributed by atoms with Crippen LogP contribution < -0.4 is 14.5 Å². The Balaban J connectivity index is 2.02. The molecule has 8 nitrogen and oxygen atoms in total. The Bertz CT molecular complexity index is 1040. The van der Waals surface area contributed by atoms with Gasteiger partial charge in [0.1, 0.15) is 18.4 Å². The molecule has 2 rings (SSSR count). The van der Waals surface area contributed by atoms with E-state index in [0.29, 0.717) is 17.0 Å². The molecular formula is C20H22N4O4S. The number of hydrogen-bond donors (Lipinski definition) is 1. The molecule has 0 aromatic heterocycles. The molecule has 0 saturated heterocycles. The maximum absolute atomic E-state index is 12.2. The molecular weight excluding hydrogens is 392 g/mol. The van der Waals surface area contributed by atoms with Crippen molar-refractivity contribution in [3.8, 4) is 11.8 Å². The van der Waals surface area contributed by atoms with Gasteiger partial charge in [0.05, 0.1) is 18.2 Å². The molecule has 0 atom stereocenters. The summed E-state index contributed by atoms with van der Waals surface area (Å²) in [4.78, 5) is 12.2. The van der Waals surface area contributed by atoms with E-state index in [9.17, 15) is 13.2 Å². The zero-order valence-electron chi connectivity index (χ0n) is 16.4. The summed E-state index contributed by atoms with van der Waals surface area (Å²) in [6, 6.07) is 13.8. The van der Waals surface area contributed by atoms with Crippen molar-refractivity contribution in [1.29, 1.82) is 5.26 Å². The summed E-state index contributed by atoms with van der Waals surface area (Å²) < 4.78 is 30.5. The number of nitriles is 1. The number of benzene rings is 2. The lowest BCUT2D eigenvalue weighted by atomic mass is 10.1. The Labute approximate surface area is 170 Å². The van der Waals surface area contributed by atoms with Crippen molar-refractivity contribution in [3.05, 3.63) is 59.2 Å². The molecule has 0 heterocycles. The fraction of sp³-hybridized carbons (Fsp3) is 0.250. The van der Waals surface area contributed by atoms with Gasteiger partial charge in [-0.05, 0) is 66.9 Å². The number of nitrogens with one attached hydrogen (secondary N) is 1. The number of nitrogens with zero attached hydrogens (tertiary/aromatic N) is 3. The topological polar surface area (TPSA) is 112 Å². The van der Waals surface area contributed by atoms with Crippen LogP contribution in [0.15, 0.2) is 47.6 Å². The summed E-state index contributed by atoms with van der Waals surface area (Å²) in [5, 5.41) is 12.3. The lowest BCUT2D eigenvalue weighted by Crippen LogP contribution is -2.39. The first-order chi connectivity index (χ1) is 13.7. The van der Waals surface area contributed by atoms with Gasteiger partial charge in [0.15, 0.2) is 6.61 Å². The van der Waals surface area contributed by atoms with E-state index in [4.69, 9.17) is 10.00 Å². The van der Waals surface area contributed by atoms with Gasteiger partial charge in [0.2, 0.25) is 10.0 Å². The maximum Gasteiger partial charge on any atom is 0.260 e. The number of amides is 1.